The molecular formula is C8H18MoN2+2. The molecule has 0 aromatic rings. The normalized spacial score (nSPS) is 12.2. The predicted molar refractivity (Wildman–Crippen MR) is 44.4 cm³/mol. The second-order valence-electron chi connectivity index (χ2n) is 4.61. The summed E-state index contributed by atoms with van der Waals surface area (Å²) in [7, 11) is 0. The Labute approximate surface area is 78.0 Å². The van der Waals surface area contributed by atoms with Crippen molar-refractivity contribution < 1.29 is 18.2 Å². The quantitative estimate of drug-likeness (QED) is 0.579. The average molecular weight is 238 g/mol. The van der Waals surface area contributed by atoms with E-state index in [1.165, 1.54) is 0 Å². The summed E-state index contributed by atoms with van der Waals surface area (Å²) in [6, 6.07) is 0. The van der Waals surface area contributed by atoms with Gasteiger partial charge in [-0.1, -0.05) is 0 Å². The predicted octanol–water partition coefficient (Wildman–Crippen LogP) is 3.03. The van der Waals surface area contributed by atoms with Gasteiger partial charge in [0, 0.05) is 0 Å². The van der Waals surface area contributed by atoms with E-state index in [4.69, 9.17) is 0 Å². The van der Waals surface area contributed by atoms with E-state index in [2.05, 4.69) is 48.5 Å². The SMILES string of the molecule is CC(C)(C)[N]=[Mo+2]=[N]C(C)(C)C. The first-order chi connectivity index (χ1) is 4.71. The third-order valence-electron chi connectivity index (χ3n) is 0.629. The molecule has 64 valence electrons. The van der Waals surface area contributed by atoms with Gasteiger partial charge in [0.05, 0.1) is 0 Å². The van der Waals surface area contributed by atoms with E-state index in [0.717, 1.165) is 0 Å². The topological polar surface area (TPSA) is 24.7 Å². The van der Waals surface area contributed by atoms with Crippen LogP contribution in [0.15, 0.2) is 6.99 Å². The minimum absolute atomic E-state index is 0.108. The number of hydrogen-bond acceptors (Lipinski definition) is 2. The standard InChI is InChI=1S/2C4H9N.Mo/c2*1-4(2,3)5;/h2*1-3H3;/q;;+2. The summed E-state index contributed by atoms with van der Waals surface area (Å²) in [5.74, 6) is 0. The first kappa shape index (κ1) is 11.3. The first-order valence-corrected chi connectivity index (χ1v) is 5.61. The van der Waals surface area contributed by atoms with E-state index >= 15 is 0 Å². The third kappa shape index (κ3) is 10.3. The molecule has 0 spiro atoms. The van der Waals surface area contributed by atoms with Crippen molar-refractivity contribution in [1.29, 1.82) is 0 Å². The Hall–Kier alpha value is 0.288. The van der Waals surface area contributed by atoms with Crippen molar-refractivity contribution in [2.24, 2.45) is 6.99 Å². The van der Waals surface area contributed by atoms with Crippen LogP contribution in [0.25, 0.3) is 0 Å². The minimum atomic E-state index is -0.473. The second-order valence-corrected chi connectivity index (χ2v) is 5.90. The summed E-state index contributed by atoms with van der Waals surface area (Å²) in [4.78, 5) is 0. The fraction of sp³-hybridized carbons (Fsp3) is 1.00. The van der Waals surface area contributed by atoms with Crippen molar-refractivity contribution in [3.63, 3.8) is 0 Å². The van der Waals surface area contributed by atoms with E-state index < -0.39 is 18.2 Å². The van der Waals surface area contributed by atoms with Crippen LogP contribution in [0.2, 0.25) is 0 Å². The summed E-state index contributed by atoms with van der Waals surface area (Å²) >= 11 is -0.473. The van der Waals surface area contributed by atoms with Crippen molar-refractivity contribution in [2.45, 2.75) is 52.6 Å². The Morgan fingerprint density at radius 2 is 1.00 bits per heavy atom. The zero-order valence-electron chi connectivity index (χ0n) is 8.30. The Bertz CT molecular complexity index is 159. The molecule has 0 heterocycles. The Morgan fingerprint density at radius 3 is 1.18 bits per heavy atom. The van der Waals surface area contributed by atoms with Crippen LogP contribution in [0, 0.1) is 0 Å². The van der Waals surface area contributed by atoms with Gasteiger partial charge in [0.1, 0.15) is 0 Å². The summed E-state index contributed by atoms with van der Waals surface area (Å²) in [6.07, 6.45) is 0. The number of hydrogen-bond donors (Lipinski definition) is 0. The summed E-state index contributed by atoms with van der Waals surface area (Å²) in [6.45, 7) is 12.7. The van der Waals surface area contributed by atoms with Crippen LogP contribution in [-0.4, -0.2) is 11.1 Å². The van der Waals surface area contributed by atoms with Crippen LogP contribution >= 0.6 is 0 Å². The fourth-order valence-electron chi connectivity index (χ4n) is 0.265. The molecule has 0 aliphatic carbocycles. The maximum atomic E-state index is 4.51. The van der Waals surface area contributed by atoms with Gasteiger partial charge in [0.25, 0.3) is 0 Å². The van der Waals surface area contributed by atoms with Gasteiger partial charge in [-0.2, -0.15) is 0 Å². The average Bonchev–Trinajstić information content (AvgIpc) is 1.55. The van der Waals surface area contributed by atoms with Crippen molar-refractivity contribution in [3.8, 4) is 0 Å². The maximum absolute atomic E-state index is 4.51. The van der Waals surface area contributed by atoms with Crippen LogP contribution in [0.5, 0.6) is 0 Å². The molecule has 2 nitrogen and oxygen atoms in total. The molecule has 0 saturated heterocycles. The van der Waals surface area contributed by atoms with Crippen LogP contribution < -0.4 is 0 Å². The summed E-state index contributed by atoms with van der Waals surface area (Å²) < 4.78 is 9.01. The molecule has 0 aromatic heterocycles. The molecule has 0 unspecified atom stereocenters. The van der Waals surface area contributed by atoms with E-state index in [1.54, 1.807) is 0 Å². The Kier molecular flexibility index (Phi) is 3.90. The number of rotatable bonds is 0. The van der Waals surface area contributed by atoms with Crippen molar-refractivity contribution in [3.05, 3.63) is 0 Å². The van der Waals surface area contributed by atoms with Crippen LogP contribution in [0.1, 0.15) is 41.5 Å². The van der Waals surface area contributed by atoms with Crippen molar-refractivity contribution >= 4 is 0 Å². The summed E-state index contributed by atoms with van der Waals surface area (Å²) in [5, 5.41) is 0. The van der Waals surface area contributed by atoms with E-state index in [-0.39, 0.29) is 11.1 Å². The van der Waals surface area contributed by atoms with Gasteiger partial charge >= 0.3 is 77.8 Å². The zero-order valence-corrected chi connectivity index (χ0v) is 10.3. The monoisotopic (exact) mass is 240 g/mol. The first-order valence-electron chi connectivity index (χ1n) is 3.81. The van der Waals surface area contributed by atoms with Gasteiger partial charge < -0.3 is 0 Å². The molecule has 0 aliphatic rings. The molecule has 0 atom stereocenters. The fourth-order valence-corrected chi connectivity index (χ4v) is 1.57. The molecule has 0 amide bonds. The molecule has 0 aromatic carbocycles. The van der Waals surface area contributed by atoms with Gasteiger partial charge in [0.15, 0.2) is 0 Å². The van der Waals surface area contributed by atoms with E-state index in [1.807, 2.05) is 0 Å². The van der Waals surface area contributed by atoms with Crippen molar-refractivity contribution in [2.75, 3.05) is 0 Å². The zero-order chi connectivity index (χ0) is 9.12. The molecule has 0 bridgehead atoms. The van der Waals surface area contributed by atoms with Gasteiger partial charge in [-0.3, -0.25) is 0 Å². The van der Waals surface area contributed by atoms with Crippen LogP contribution in [-0.2, 0) is 18.2 Å². The second kappa shape index (κ2) is 3.80. The third-order valence-corrected chi connectivity index (χ3v) is 3.72. The Balaban J connectivity index is 4.25. The van der Waals surface area contributed by atoms with Crippen LogP contribution in [0.4, 0.5) is 0 Å². The number of nitrogens with zero attached hydrogens (tertiary/aromatic N) is 2. The molecule has 0 rings (SSSR count). The van der Waals surface area contributed by atoms with E-state index in [0.29, 0.717) is 0 Å². The molecular weight excluding hydrogens is 220 g/mol. The van der Waals surface area contributed by atoms with Crippen LogP contribution in [0.3, 0.4) is 0 Å². The molecule has 11 heavy (non-hydrogen) atoms. The molecule has 0 radical (unpaired) electrons. The molecule has 3 heteroatoms. The Morgan fingerprint density at radius 1 is 0.727 bits per heavy atom. The van der Waals surface area contributed by atoms with Crippen molar-refractivity contribution in [1.82, 2.24) is 0 Å². The van der Waals surface area contributed by atoms with Gasteiger partial charge in [-0.25, -0.2) is 0 Å². The van der Waals surface area contributed by atoms with E-state index in [9.17, 15) is 0 Å². The molecule has 0 fully saturated rings. The van der Waals surface area contributed by atoms with Gasteiger partial charge in [-0.05, 0) is 0 Å². The van der Waals surface area contributed by atoms with Gasteiger partial charge in [0.2, 0.25) is 0 Å². The van der Waals surface area contributed by atoms with Gasteiger partial charge in [-0.15, -0.1) is 0 Å². The molecule has 0 saturated carbocycles. The molecule has 0 N–H and O–H groups in total. The summed E-state index contributed by atoms with van der Waals surface area (Å²) in [5.41, 5.74) is 0.216. The molecule has 0 aliphatic heterocycles.